The molecule has 27 heavy (non-hydrogen) atoms. The van der Waals surface area contributed by atoms with Gasteiger partial charge in [-0.3, -0.25) is 0 Å². The van der Waals surface area contributed by atoms with Crippen molar-refractivity contribution >= 4 is 28.5 Å². The largest absolute Gasteiger partial charge is 0.384 e. The van der Waals surface area contributed by atoms with Crippen molar-refractivity contribution in [2.75, 3.05) is 0 Å². The molecule has 0 aliphatic rings. The number of hydrogen-bond acceptors (Lipinski definition) is 3. The zero-order chi connectivity index (χ0) is 19.6. The number of allylic oxidation sites excluding steroid dienone is 2. The van der Waals surface area contributed by atoms with Crippen LogP contribution in [0, 0.1) is 0 Å². The van der Waals surface area contributed by atoms with Gasteiger partial charge in [0, 0.05) is 4.88 Å². The Kier molecular flexibility index (Phi) is 5.89. The van der Waals surface area contributed by atoms with Gasteiger partial charge in [-0.15, -0.1) is 11.3 Å². The lowest BCUT2D eigenvalue weighted by Gasteiger charge is -2.13. The van der Waals surface area contributed by atoms with E-state index in [0.29, 0.717) is 10.7 Å². The van der Waals surface area contributed by atoms with Crippen LogP contribution >= 0.6 is 22.9 Å². The van der Waals surface area contributed by atoms with Crippen molar-refractivity contribution in [3.8, 4) is 16.3 Å². The average molecular weight is 401 g/mol. The van der Waals surface area contributed by atoms with E-state index in [-0.39, 0.29) is 0 Å². The maximum absolute atomic E-state index is 10.5. The highest BCUT2D eigenvalue weighted by atomic mass is 35.5. The topological polar surface area (TPSA) is 38.1 Å². The third-order valence-corrected chi connectivity index (χ3v) is 5.93. The van der Waals surface area contributed by atoms with Gasteiger partial charge in [-0.2, -0.15) is 5.10 Å². The molecule has 0 aliphatic carbocycles. The number of benzene rings is 1. The van der Waals surface area contributed by atoms with Crippen LogP contribution in [0.4, 0.5) is 0 Å². The van der Waals surface area contributed by atoms with E-state index < -0.39 is 5.60 Å². The Bertz CT molecular complexity index is 963. The highest BCUT2D eigenvalue weighted by Gasteiger charge is 2.24. The van der Waals surface area contributed by atoms with Gasteiger partial charge in [0.15, 0.2) is 0 Å². The predicted molar refractivity (Wildman–Crippen MR) is 116 cm³/mol. The third-order valence-electron chi connectivity index (χ3n) is 4.42. The summed E-state index contributed by atoms with van der Waals surface area (Å²) in [6, 6.07) is 13.9. The number of hydrogen-bond donors (Lipinski definition) is 1. The highest BCUT2D eigenvalue weighted by Crippen LogP contribution is 2.37. The molecule has 0 bridgehead atoms. The Morgan fingerprint density at radius 2 is 1.96 bits per heavy atom. The molecule has 0 radical (unpaired) electrons. The van der Waals surface area contributed by atoms with E-state index in [1.807, 2.05) is 35.0 Å². The molecule has 5 heteroatoms. The molecule has 0 unspecified atom stereocenters. The first-order chi connectivity index (χ1) is 12.8. The van der Waals surface area contributed by atoms with Gasteiger partial charge in [0.25, 0.3) is 0 Å². The molecule has 0 amide bonds. The summed E-state index contributed by atoms with van der Waals surface area (Å²) in [4.78, 5) is 2.37. The van der Waals surface area contributed by atoms with Crippen LogP contribution in [0.25, 0.3) is 21.8 Å². The second kappa shape index (κ2) is 8.01. The standard InChI is InChI=1S/C22H25ClN2OS/c1-5-9-15(6-2)19-12-13-20(27-19)18-14-21(22(3,4)26)24-25(18)17-11-8-7-10-16(17)23/h7-14,26H,5-6H2,1-4H3. The van der Waals surface area contributed by atoms with Gasteiger partial charge in [0.1, 0.15) is 5.60 Å². The lowest BCUT2D eigenvalue weighted by molar-refractivity contribution is 0.0734. The quantitative estimate of drug-likeness (QED) is 0.500. The zero-order valence-corrected chi connectivity index (χ0v) is 17.7. The molecule has 1 N–H and O–H groups in total. The SMILES string of the molecule is CCC=C(CC)c1ccc(-c2cc(C(C)(C)O)nn2-c2ccccc2Cl)s1. The van der Waals surface area contributed by atoms with Gasteiger partial charge in [-0.25, -0.2) is 4.68 Å². The zero-order valence-electron chi connectivity index (χ0n) is 16.2. The van der Waals surface area contributed by atoms with Crippen molar-refractivity contribution in [2.45, 2.75) is 46.1 Å². The highest BCUT2D eigenvalue weighted by molar-refractivity contribution is 7.16. The summed E-state index contributed by atoms with van der Waals surface area (Å²) in [5.74, 6) is 0. The van der Waals surface area contributed by atoms with E-state index in [0.717, 1.165) is 29.1 Å². The fourth-order valence-corrected chi connectivity index (χ4v) is 4.31. The van der Waals surface area contributed by atoms with Crippen molar-refractivity contribution in [2.24, 2.45) is 0 Å². The molecule has 0 spiro atoms. The van der Waals surface area contributed by atoms with E-state index in [2.05, 4.69) is 37.2 Å². The first-order valence-corrected chi connectivity index (χ1v) is 10.4. The number of aliphatic hydroxyl groups is 1. The van der Waals surface area contributed by atoms with Crippen LogP contribution in [0.3, 0.4) is 0 Å². The molecule has 1 aromatic carbocycles. The number of halogens is 1. The molecule has 2 heterocycles. The van der Waals surface area contributed by atoms with Gasteiger partial charge < -0.3 is 5.11 Å². The Morgan fingerprint density at radius 1 is 1.22 bits per heavy atom. The Morgan fingerprint density at radius 3 is 2.59 bits per heavy atom. The molecule has 0 atom stereocenters. The minimum Gasteiger partial charge on any atom is -0.384 e. The van der Waals surface area contributed by atoms with Crippen molar-refractivity contribution in [1.82, 2.24) is 9.78 Å². The van der Waals surface area contributed by atoms with Crippen LogP contribution < -0.4 is 0 Å². The summed E-state index contributed by atoms with van der Waals surface area (Å²) in [5, 5.41) is 15.8. The second-order valence-electron chi connectivity index (χ2n) is 6.99. The van der Waals surface area contributed by atoms with Gasteiger partial charge in [-0.1, -0.05) is 43.7 Å². The third kappa shape index (κ3) is 4.18. The van der Waals surface area contributed by atoms with Crippen LogP contribution in [0.2, 0.25) is 5.02 Å². The maximum atomic E-state index is 10.5. The molecule has 3 rings (SSSR count). The summed E-state index contributed by atoms with van der Waals surface area (Å²) in [5.41, 5.74) is 2.69. The minimum absolute atomic E-state index is 0.618. The first kappa shape index (κ1) is 19.9. The molecule has 3 aromatic rings. The number of thiophene rings is 1. The van der Waals surface area contributed by atoms with Crippen LogP contribution in [0.5, 0.6) is 0 Å². The van der Waals surface area contributed by atoms with Gasteiger partial charge in [-0.05, 0) is 62.6 Å². The molecule has 0 saturated carbocycles. The molecular weight excluding hydrogens is 376 g/mol. The fourth-order valence-electron chi connectivity index (χ4n) is 2.98. The molecule has 0 fully saturated rings. The number of aromatic nitrogens is 2. The van der Waals surface area contributed by atoms with Gasteiger partial charge in [0.2, 0.25) is 0 Å². The fraction of sp³-hybridized carbons (Fsp3) is 0.318. The summed E-state index contributed by atoms with van der Waals surface area (Å²) in [7, 11) is 0. The lowest BCUT2D eigenvalue weighted by atomic mass is 10.1. The number of para-hydroxylation sites is 1. The molecule has 3 nitrogen and oxygen atoms in total. The monoisotopic (exact) mass is 400 g/mol. The minimum atomic E-state index is -1.03. The average Bonchev–Trinajstić information content (AvgIpc) is 3.26. The van der Waals surface area contributed by atoms with Gasteiger partial charge in [0.05, 0.1) is 27.0 Å². The van der Waals surface area contributed by atoms with E-state index in [1.54, 1.807) is 25.2 Å². The normalized spacial score (nSPS) is 12.6. The molecule has 0 aliphatic heterocycles. The molecule has 2 aromatic heterocycles. The second-order valence-corrected chi connectivity index (χ2v) is 8.48. The van der Waals surface area contributed by atoms with E-state index >= 15 is 0 Å². The van der Waals surface area contributed by atoms with Crippen LogP contribution in [-0.2, 0) is 5.60 Å². The van der Waals surface area contributed by atoms with Gasteiger partial charge >= 0.3 is 0 Å². The first-order valence-electron chi connectivity index (χ1n) is 9.22. The lowest BCUT2D eigenvalue weighted by Crippen LogP contribution is -2.16. The van der Waals surface area contributed by atoms with E-state index in [1.165, 1.54) is 10.5 Å². The number of nitrogens with zero attached hydrogens (tertiary/aromatic N) is 2. The summed E-state index contributed by atoms with van der Waals surface area (Å²) in [6.07, 6.45) is 4.31. The Hall–Kier alpha value is -1.88. The van der Waals surface area contributed by atoms with Crippen molar-refractivity contribution in [3.63, 3.8) is 0 Å². The summed E-state index contributed by atoms with van der Waals surface area (Å²) in [6.45, 7) is 7.83. The van der Waals surface area contributed by atoms with E-state index in [9.17, 15) is 5.11 Å². The molecule has 0 saturated heterocycles. The predicted octanol–water partition coefficient (Wildman–Crippen LogP) is 6.69. The molecule has 142 valence electrons. The van der Waals surface area contributed by atoms with E-state index in [4.69, 9.17) is 11.6 Å². The Balaban J connectivity index is 2.15. The van der Waals surface area contributed by atoms with Crippen molar-refractivity contribution < 1.29 is 5.11 Å². The maximum Gasteiger partial charge on any atom is 0.103 e. The van der Waals surface area contributed by atoms with Crippen molar-refractivity contribution in [1.29, 1.82) is 0 Å². The molecular formula is C22H25ClN2OS. The summed E-state index contributed by atoms with van der Waals surface area (Å²) < 4.78 is 1.83. The summed E-state index contributed by atoms with van der Waals surface area (Å²) >= 11 is 8.18. The van der Waals surface area contributed by atoms with Crippen LogP contribution in [0.15, 0.2) is 48.5 Å². The number of rotatable bonds is 6. The van der Waals surface area contributed by atoms with Crippen LogP contribution in [-0.4, -0.2) is 14.9 Å². The Labute approximate surface area is 169 Å². The van der Waals surface area contributed by atoms with Crippen LogP contribution in [0.1, 0.15) is 51.1 Å². The smallest absolute Gasteiger partial charge is 0.103 e. The van der Waals surface area contributed by atoms with Crippen molar-refractivity contribution in [3.05, 3.63) is 64.1 Å².